The third-order valence-electron chi connectivity index (χ3n) is 2.65. The van der Waals surface area contributed by atoms with Crippen molar-refractivity contribution < 1.29 is 4.42 Å². The lowest BCUT2D eigenvalue weighted by molar-refractivity contribution is 0.448. The SMILES string of the molecule is Cc1ccc(CNCC2CCCN2)o1. The van der Waals surface area contributed by atoms with Gasteiger partial charge in [-0.25, -0.2) is 0 Å². The summed E-state index contributed by atoms with van der Waals surface area (Å²) in [4.78, 5) is 0. The first-order valence-electron chi connectivity index (χ1n) is 5.34. The van der Waals surface area contributed by atoms with Crippen molar-refractivity contribution in [1.29, 1.82) is 0 Å². The molecule has 1 aromatic heterocycles. The van der Waals surface area contributed by atoms with E-state index in [1.807, 2.05) is 19.1 Å². The Labute approximate surface area is 84.9 Å². The molecule has 78 valence electrons. The zero-order chi connectivity index (χ0) is 9.80. The van der Waals surface area contributed by atoms with E-state index in [-0.39, 0.29) is 0 Å². The lowest BCUT2D eigenvalue weighted by atomic mass is 10.2. The minimum Gasteiger partial charge on any atom is -0.465 e. The number of furan rings is 1. The molecule has 2 rings (SSSR count). The number of nitrogens with one attached hydrogen (secondary N) is 2. The second-order valence-electron chi connectivity index (χ2n) is 3.94. The monoisotopic (exact) mass is 194 g/mol. The van der Waals surface area contributed by atoms with Crippen LogP contribution in [0.3, 0.4) is 0 Å². The van der Waals surface area contributed by atoms with E-state index in [9.17, 15) is 0 Å². The molecule has 0 spiro atoms. The van der Waals surface area contributed by atoms with Crippen molar-refractivity contribution in [2.24, 2.45) is 0 Å². The largest absolute Gasteiger partial charge is 0.465 e. The van der Waals surface area contributed by atoms with Gasteiger partial charge in [-0.05, 0) is 38.4 Å². The topological polar surface area (TPSA) is 37.2 Å². The summed E-state index contributed by atoms with van der Waals surface area (Å²) in [6, 6.07) is 4.70. The Kier molecular flexibility index (Phi) is 3.22. The number of aryl methyl sites for hydroxylation is 1. The quantitative estimate of drug-likeness (QED) is 0.761. The van der Waals surface area contributed by atoms with E-state index in [1.54, 1.807) is 0 Å². The summed E-state index contributed by atoms with van der Waals surface area (Å²) in [6.45, 7) is 5.03. The van der Waals surface area contributed by atoms with E-state index < -0.39 is 0 Å². The second kappa shape index (κ2) is 4.62. The maximum absolute atomic E-state index is 5.47. The predicted molar refractivity (Wildman–Crippen MR) is 56.2 cm³/mol. The molecule has 1 saturated heterocycles. The second-order valence-corrected chi connectivity index (χ2v) is 3.94. The average Bonchev–Trinajstić information content (AvgIpc) is 2.77. The summed E-state index contributed by atoms with van der Waals surface area (Å²) in [7, 11) is 0. The number of hydrogen-bond donors (Lipinski definition) is 2. The van der Waals surface area contributed by atoms with Crippen LogP contribution >= 0.6 is 0 Å². The van der Waals surface area contributed by atoms with Crippen molar-refractivity contribution in [3.63, 3.8) is 0 Å². The van der Waals surface area contributed by atoms with Crippen LogP contribution in [0, 0.1) is 6.92 Å². The summed E-state index contributed by atoms with van der Waals surface area (Å²) in [5.74, 6) is 2.02. The minimum absolute atomic E-state index is 0.658. The van der Waals surface area contributed by atoms with Crippen LogP contribution in [0.4, 0.5) is 0 Å². The Hall–Kier alpha value is -0.800. The summed E-state index contributed by atoms with van der Waals surface area (Å²) in [6.07, 6.45) is 2.61. The lowest BCUT2D eigenvalue weighted by Gasteiger charge is -2.09. The fraction of sp³-hybridized carbons (Fsp3) is 0.636. The highest BCUT2D eigenvalue weighted by atomic mass is 16.3. The van der Waals surface area contributed by atoms with Gasteiger partial charge in [0, 0.05) is 12.6 Å². The van der Waals surface area contributed by atoms with Gasteiger partial charge in [-0.1, -0.05) is 0 Å². The standard InChI is InChI=1S/C11H18N2O/c1-9-4-5-11(14-9)8-12-7-10-3-2-6-13-10/h4-5,10,12-13H,2-3,6-8H2,1H3. The van der Waals surface area contributed by atoms with Crippen molar-refractivity contribution in [2.45, 2.75) is 32.4 Å². The molecule has 1 aliphatic rings. The van der Waals surface area contributed by atoms with Gasteiger partial charge in [0.15, 0.2) is 0 Å². The summed E-state index contributed by atoms with van der Waals surface area (Å²) < 4.78 is 5.47. The molecule has 1 fully saturated rings. The third-order valence-corrected chi connectivity index (χ3v) is 2.65. The Balaban J connectivity index is 1.67. The van der Waals surface area contributed by atoms with Crippen LogP contribution in [-0.4, -0.2) is 19.1 Å². The van der Waals surface area contributed by atoms with E-state index in [0.717, 1.165) is 24.6 Å². The molecular weight excluding hydrogens is 176 g/mol. The molecular formula is C11H18N2O. The molecule has 14 heavy (non-hydrogen) atoms. The maximum atomic E-state index is 5.47. The van der Waals surface area contributed by atoms with Crippen LogP contribution in [0.1, 0.15) is 24.4 Å². The van der Waals surface area contributed by atoms with Crippen LogP contribution in [0.15, 0.2) is 16.5 Å². The third kappa shape index (κ3) is 2.59. The van der Waals surface area contributed by atoms with E-state index in [2.05, 4.69) is 10.6 Å². The molecule has 2 heterocycles. The highest BCUT2D eigenvalue weighted by Gasteiger charge is 2.12. The smallest absolute Gasteiger partial charge is 0.117 e. The average molecular weight is 194 g/mol. The molecule has 1 aliphatic heterocycles. The van der Waals surface area contributed by atoms with Gasteiger partial charge < -0.3 is 15.1 Å². The van der Waals surface area contributed by atoms with Gasteiger partial charge in [0.25, 0.3) is 0 Å². The van der Waals surface area contributed by atoms with Crippen LogP contribution in [0.25, 0.3) is 0 Å². The van der Waals surface area contributed by atoms with E-state index in [1.165, 1.54) is 19.4 Å². The molecule has 0 aliphatic carbocycles. The lowest BCUT2D eigenvalue weighted by Crippen LogP contribution is -2.33. The van der Waals surface area contributed by atoms with Crippen LogP contribution < -0.4 is 10.6 Å². The molecule has 0 saturated carbocycles. The van der Waals surface area contributed by atoms with E-state index in [4.69, 9.17) is 4.42 Å². The van der Waals surface area contributed by atoms with Gasteiger partial charge in [-0.3, -0.25) is 0 Å². The molecule has 1 aromatic rings. The zero-order valence-corrected chi connectivity index (χ0v) is 8.68. The van der Waals surface area contributed by atoms with Gasteiger partial charge in [0.05, 0.1) is 6.54 Å². The Bertz CT molecular complexity index is 277. The van der Waals surface area contributed by atoms with Crippen molar-refractivity contribution in [1.82, 2.24) is 10.6 Å². The van der Waals surface area contributed by atoms with Crippen molar-refractivity contribution >= 4 is 0 Å². The molecule has 2 N–H and O–H groups in total. The Morgan fingerprint density at radius 2 is 2.50 bits per heavy atom. The molecule has 3 heteroatoms. The van der Waals surface area contributed by atoms with Crippen LogP contribution in [-0.2, 0) is 6.54 Å². The fourth-order valence-corrected chi connectivity index (χ4v) is 1.88. The van der Waals surface area contributed by atoms with Gasteiger partial charge in [-0.15, -0.1) is 0 Å². The minimum atomic E-state index is 0.658. The molecule has 1 unspecified atom stereocenters. The van der Waals surface area contributed by atoms with Gasteiger partial charge in [-0.2, -0.15) is 0 Å². The molecule has 3 nitrogen and oxygen atoms in total. The van der Waals surface area contributed by atoms with E-state index >= 15 is 0 Å². The van der Waals surface area contributed by atoms with Gasteiger partial charge in [0.2, 0.25) is 0 Å². The first-order valence-corrected chi connectivity index (χ1v) is 5.34. The molecule has 0 radical (unpaired) electrons. The van der Waals surface area contributed by atoms with Gasteiger partial charge >= 0.3 is 0 Å². The van der Waals surface area contributed by atoms with Crippen LogP contribution in [0.5, 0.6) is 0 Å². The van der Waals surface area contributed by atoms with Crippen LogP contribution in [0.2, 0.25) is 0 Å². The van der Waals surface area contributed by atoms with E-state index in [0.29, 0.717) is 6.04 Å². The fourth-order valence-electron chi connectivity index (χ4n) is 1.88. The Morgan fingerprint density at radius 1 is 1.57 bits per heavy atom. The molecule has 0 bridgehead atoms. The zero-order valence-electron chi connectivity index (χ0n) is 8.68. The van der Waals surface area contributed by atoms with Crippen molar-refractivity contribution in [2.75, 3.05) is 13.1 Å². The number of hydrogen-bond acceptors (Lipinski definition) is 3. The molecule has 0 amide bonds. The van der Waals surface area contributed by atoms with Gasteiger partial charge in [0.1, 0.15) is 11.5 Å². The highest BCUT2D eigenvalue weighted by molar-refractivity contribution is 5.05. The summed E-state index contributed by atoms with van der Waals surface area (Å²) in [5, 5.41) is 6.86. The summed E-state index contributed by atoms with van der Waals surface area (Å²) >= 11 is 0. The summed E-state index contributed by atoms with van der Waals surface area (Å²) in [5.41, 5.74) is 0. The Morgan fingerprint density at radius 3 is 3.14 bits per heavy atom. The molecule has 0 aromatic carbocycles. The first kappa shape index (κ1) is 9.74. The normalized spacial score (nSPS) is 21.6. The maximum Gasteiger partial charge on any atom is 0.117 e. The predicted octanol–water partition coefficient (Wildman–Crippen LogP) is 1.43. The highest BCUT2D eigenvalue weighted by Crippen LogP contribution is 2.06. The van der Waals surface area contributed by atoms with Crippen molar-refractivity contribution in [3.8, 4) is 0 Å². The number of rotatable bonds is 4. The van der Waals surface area contributed by atoms with Crippen molar-refractivity contribution in [3.05, 3.63) is 23.7 Å². The molecule has 1 atom stereocenters. The first-order chi connectivity index (χ1) is 6.84.